The van der Waals surface area contributed by atoms with Gasteiger partial charge in [0.05, 0.1) is 11.5 Å². The fourth-order valence-corrected chi connectivity index (χ4v) is 3.80. The average molecular weight is 411 g/mol. The minimum Gasteiger partial charge on any atom is -0.452 e. The molecule has 0 spiro atoms. The molecule has 1 fully saturated rings. The minimum atomic E-state index is -1.04. The Bertz CT molecular complexity index is 961. The molecule has 1 aromatic carbocycles. The van der Waals surface area contributed by atoms with E-state index in [0.717, 1.165) is 12.1 Å². The molecule has 150 valence electrons. The summed E-state index contributed by atoms with van der Waals surface area (Å²) < 4.78 is 5.28. The maximum Gasteiger partial charge on any atom is 0.312 e. The van der Waals surface area contributed by atoms with Crippen LogP contribution < -0.4 is 10.2 Å². The number of anilines is 2. The lowest BCUT2D eigenvalue weighted by Crippen LogP contribution is -2.33. The summed E-state index contributed by atoms with van der Waals surface area (Å²) >= 11 is 1.22. The van der Waals surface area contributed by atoms with E-state index in [1.807, 2.05) is 30.3 Å². The van der Waals surface area contributed by atoms with Crippen molar-refractivity contribution in [3.8, 4) is 6.07 Å². The summed E-state index contributed by atoms with van der Waals surface area (Å²) in [6, 6.07) is 11.2. The van der Waals surface area contributed by atoms with Crippen molar-refractivity contribution in [2.45, 2.75) is 32.8 Å². The van der Waals surface area contributed by atoms with Crippen LogP contribution in [0.2, 0.25) is 0 Å². The number of carbonyl (C=O) groups excluding carboxylic acids is 3. The molecule has 1 aromatic heterocycles. The minimum absolute atomic E-state index is 0.0478. The van der Waals surface area contributed by atoms with Crippen molar-refractivity contribution in [1.29, 1.82) is 5.26 Å². The Morgan fingerprint density at radius 2 is 2.07 bits per heavy atom. The van der Waals surface area contributed by atoms with Crippen LogP contribution in [0.1, 0.15) is 31.4 Å². The zero-order valence-corrected chi connectivity index (χ0v) is 17.0. The van der Waals surface area contributed by atoms with Gasteiger partial charge in [0.25, 0.3) is 5.91 Å². The second kappa shape index (κ2) is 8.88. The molecule has 1 aliphatic heterocycles. The number of thiophene rings is 1. The maximum atomic E-state index is 12.5. The van der Waals surface area contributed by atoms with Crippen molar-refractivity contribution < 1.29 is 19.1 Å². The fourth-order valence-electron chi connectivity index (χ4n) is 3.06. The normalized spacial score (nSPS) is 16.9. The van der Waals surface area contributed by atoms with Crippen molar-refractivity contribution in [2.24, 2.45) is 5.92 Å². The van der Waals surface area contributed by atoms with Gasteiger partial charge in [0.1, 0.15) is 11.1 Å². The molecular formula is C21H21N3O4S. The van der Waals surface area contributed by atoms with Crippen molar-refractivity contribution in [2.75, 3.05) is 16.8 Å². The Hall–Kier alpha value is -3.18. The number of nitrogens with one attached hydrogen (secondary N) is 1. The number of rotatable bonds is 6. The molecule has 1 saturated heterocycles. The standard InChI is InChI=1S/C21H21N3O4S/c1-3-14-4-6-17(7-5-14)24-12-16(10-18(24)25)21(27)28-13(2)19(26)23-20-15(11-22)8-9-29-20/h4-9,13,16H,3,10,12H2,1-2H3,(H,23,26)/t13-,16-/m1/s1. The first kappa shape index (κ1) is 20.6. The number of esters is 1. The lowest BCUT2D eigenvalue weighted by Gasteiger charge is -2.18. The van der Waals surface area contributed by atoms with Crippen LogP contribution in [0.4, 0.5) is 10.7 Å². The molecule has 2 heterocycles. The molecule has 0 aliphatic carbocycles. The Labute approximate surface area is 172 Å². The highest BCUT2D eigenvalue weighted by molar-refractivity contribution is 7.14. The molecule has 0 saturated carbocycles. The molecule has 0 unspecified atom stereocenters. The van der Waals surface area contributed by atoms with Crippen LogP contribution in [0, 0.1) is 17.2 Å². The van der Waals surface area contributed by atoms with Crippen molar-refractivity contribution in [3.63, 3.8) is 0 Å². The zero-order chi connectivity index (χ0) is 21.0. The summed E-state index contributed by atoms with van der Waals surface area (Å²) in [4.78, 5) is 38.7. The molecule has 0 bridgehead atoms. The molecular weight excluding hydrogens is 390 g/mol. The second-order valence-corrected chi connectivity index (χ2v) is 7.69. The Morgan fingerprint density at radius 3 is 2.72 bits per heavy atom. The van der Waals surface area contributed by atoms with Gasteiger partial charge in [0.2, 0.25) is 5.91 Å². The second-order valence-electron chi connectivity index (χ2n) is 6.77. The average Bonchev–Trinajstić information content (AvgIpc) is 3.34. The first-order chi connectivity index (χ1) is 13.9. The van der Waals surface area contributed by atoms with E-state index in [1.54, 1.807) is 16.3 Å². The SMILES string of the molecule is CCc1ccc(N2C[C@H](C(=O)O[C@H](C)C(=O)Nc3sccc3C#N)CC2=O)cc1. The van der Waals surface area contributed by atoms with E-state index in [9.17, 15) is 14.4 Å². The van der Waals surface area contributed by atoms with Gasteiger partial charge in [-0.05, 0) is 42.5 Å². The summed E-state index contributed by atoms with van der Waals surface area (Å²) in [5.74, 6) is -1.88. The van der Waals surface area contributed by atoms with E-state index in [4.69, 9.17) is 10.00 Å². The van der Waals surface area contributed by atoms with Crippen LogP contribution in [0.5, 0.6) is 0 Å². The Balaban J connectivity index is 1.58. The highest BCUT2D eigenvalue weighted by Gasteiger charge is 2.37. The van der Waals surface area contributed by atoms with E-state index >= 15 is 0 Å². The van der Waals surface area contributed by atoms with Crippen molar-refractivity contribution in [1.82, 2.24) is 0 Å². The summed E-state index contributed by atoms with van der Waals surface area (Å²) in [6.07, 6.45) is -0.0828. The van der Waals surface area contributed by atoms with Crippen molar-refractivity contribution in [3.05, 3.63) is 46.8 Å². The predicted molar refractivity (Wildman–Crippen MR) is 109 cm³/mol. The third kappa shape index (κ3) is 4.63. The molecule has 2 atom stereocenters. The highest BCUT2D eigenvalue weighted by Crippen LogP contribution is 2.27. The van der Waals surface area contributed by atoms with Gasteiger partial charge in [-0.1, -0.05) is 19.1 Å². The number of nitriles is 1. The molecule has 1 N–H and O–H groups in total. The maximum absolute atomic E-state index is 12.5. The molecule has 29 heavy (non-hydrogen) atoms. The van der Waals surface area contributed by atoms with Crippen LogP contribution in [0.25, 0.3) is 0 Å². The van der Waals surface area contributed by atoms with E-state index < -0.39 is 23.9 Å². The number of nitrogens with zero attached hydrogens (tertiary/aromatic N) is 2. The van der Waals surface area contributed by atoms with Gasteiger partial charge in [0.15, 0.2) is 6.10 Å². The van der Waals surface area contributed by atoms with Gasteiger partial charge < -0.3 is 15.0 Å². The Morgan fingerprint density at radius 1 is 1.34 bits per heavy atom. The van der Waals surface area contributed by atoms with Crippen LogP contribution in [-0.2, 0) is 25.5 Å². The smallest absolute Gasteiger partial charge is 0.312 e. The number of amides is 2. The number of carbonyl (C=O) groups is 3. The van der Waals surface area contributed by atoms with Crippen LogP contribution in [0.3, 0.4) is 0 Å². The van der Waals surface area contributed by atoms with Crippen LogP contribution in [-0.4, -0.2) is 30.4 Å². The summed E-state index contributed by atoms with van der Waals surface area (Å²) in [5.41, 5.74) is 2.27. The van der Waals surface area contributed by atoms with E-state index in [0.29, 0.717) is 10.6 Å². The van der Waals surface area contributed by atoms with E-state index in [1.165, 1.54) is 23.8 Å². The van der Waals surface area contributed by atoms with Gasteiger partial charge in [-0.25, -0.2) is 0 Å². The molecule has 2 aromatic rings. The molecule has 7 nitrogen and oxygen atoms in total. The largest absolute Gasteiger partial charge is 0.452 e. The number of hydrogen-bond donors (Lipinski definition) is 1. The monoisotopic (exact) mass is 411 g/mol. The number of benzene rings is 1. The molecule has 1 aliphatic rings. The third-order valence-corrected chi connectivity index (χ3v) is 5.63. The molecule has 2 amide bonds. The van der Waals surface area contributed by atoms with Gasteiger partial charge in [-0.3, -0.25) is 14.4 Å². The molecule has 3 rings (SSSR count). The van der Waals surface area contributed by atoms with Gasteiger partial charge >= 0.3 is 5.97 Å². The zero-order valence-electron chi connectivity index (χ0n) is 16.2. The summed E-state index contributed by atoms with van der Waals surface area (Å²) in [5, 5.41) is 13.7. The quantitative estimate of drug-likeness (QED) is 0.737. The van der Waals surface area contributed by atoms with Crippen LogP contribution in [0.15, 0.2) is 35.7 Å². The van der Waals surface area contributed by atoms with E-state index in [-0.39, 0.29) is 18.9 Å². The lowest BCUT2D eigenvalue weighted by molar-refractivity contribution is -0.157. The van der Waals surface area contributed by atoms with Gasteiger partial charge in [-0.2, -0.15) is 5.26 Å². The lowest BCUT2D eigenvalue weighted by atomic mass is 10.1. The van der Waals surface area contributed by atoms with Crippen LogP contribution >= 0.6 is 11.3 Å². The topological polar surface area (TPSA) is 99.5 Å². The highest BCUT2D eigenvalue weighted by atomic mass is 32.1. The first-order valence-electron chi connectivity index (χ1n) is 9.31. The van der Waals surface area contributed by atoms with Gasteiger partial charge in [0, 0.05) is 18.7 Å². The van der Waals surface area contributed by atoms with Crippen molar-refractivity contribution >= 4 is 39.8 Å². The molecule has 0 radical (unpaired) electrons. The Kier molecular flexibility index (Phi) is 6.29. The predicted octanol–water partition coefficient (Wildman–Crippen LogP) is 3.11. The number of hydrogen-bond acceptors (Lipinski definition) is 6. The molecule has 8 heteroatoms. The summed E-state index contributed by atoms with van der Waals surface area (Å²) in [7, 11) is 0. The fraction of sp³-hybridized carbons (Fsp3) is 0.333. The number of ether oxygens (including phenoxy) is 1. The van der Waals surface area contributed by atoms with E-state index in [2.05, 4.69) is 12.2 Å². The number of aryl methyl sites for hydroxylation is 1. The third-order valence-electron chi connectivity index (χ3n) is 4.80. The van der Waals surface area contributed by atoms with Gasteiger partial charge in [-0.15, -0.1) is 11.3 Å². The summed E-state index contributed by atoms with van der Waals surface area (Å²) in [6.45, 7) is 3.74. The first-order valence-corrected chi connectivity index (χ1v) is 10.2.